The van der Waals surface area contributed by atoms with Gasteiger partial charge in [-0.2, -0.15) is 0 Å². The monoisotopic (exact) mass is 251 g/mol. The van der Waals surface area contributed by atoms with E-state index in [1.807, 2.05) is 10.6 Å². The molecule has 2 aromatic rings. The Balaban J connectivity index is 2.52. The number of methoxy groups -OCH3 is 1. The fourth-order valence-corrected chi connectivity index (χ4v) is 2.02. The average Bonchev–Trinajstić information content (AvgIpc) is 2.61. The highest BCUT2D eigenvalue weighted by Crippen LogP contribution is 2.16. The molecule has 90 valence electrons. The number of carbonyl (C=O) groups excluding carboxylic acids is 1. The van der Waals surface area contributed by atoms with Crippen molar-refractivity contribution >= 4 is 29.2 Å². The minimum absolute atomic E-state index is 0.448. The van der Waals surface area contributed by atoms with Crippen molar-refractivity contribution in [2.24, 2.45) is 5.73 Å². The molecular formula is C11H13N3O2S. The molecule has 5 nitrogen and oxygen atoms in total. The summed E-state index contributed by atoms with van der Waals surface area (Å²) in [6, 6.07) is 5.23. The minimum atomic E-state index is -0.448. The van der Waals surface area contributed by atoms with E-state index < -0.39 is 5.91 Å². The third-order valence-electron chi connectivity index (χ3n) is 2.58. The first-order valence-electron chi connectivity index (χ1n) is 5.15. The first-order chi connectivity index (χ1) is 8.13. The first kappa shape index (κ1) is 11.8. The van der Waals surface area contributed by atoms with Gasteiger partial charge < -0.3 is 20.0 Å². The molecule has 0 saturated heterocycles. The molecule has 1 aromatic heterocycles. The van der Waals surface area contributed by atoms with Crippen LogP contribution in [0.1, 0.15) is 10.4 Å². The van der Waals surface area contributed by atoms with Crippen LogP contribution in [0.5, 0.6) is 0 Å². The Morgan fingerprint density at radius 1 is 1.59 bits per heavy atom. The number of aromatic amines is 1. The van der Waals surface area contributed by atoms with Crippen LogP contribution in [0.2, 0.25) is 0 Å². The second kappa shape index (κ2) is 4.68. The number of fused-ring (bicyclic) bond motifs is 1. The van der Waals surface area contributed by atoms with Gasteiger partial charge in [0.05, 0.1) is 17.6 Å². The van der Waals surface area contributed by atoms with Gasteiger partial charge in [0.2, 0.25) is 5.91 Å². The van der Waals surface area contributed by atoms with Crippen molar-refractivity contribution in [3.63, 3.8) is 0 Å². The normalized spacial score (nSPS) is 10.9. The van der Waals surface area contributed by atoms with E-state index in [0.717, 1.165) is 11.0 Å². The summed E-state index contributed by atoms with van der Waals surface area (Å²) in [5, 5.41) is 0. The molecule has 1 amide bonds. The van der Waals surface area contributed by atoms with Crippen molar-refractivity contribution < 1.29 is 9.53 Å². The van der Waals surface area contributed by atoms with Crippen LogP contribution in [0.25, 0.3) is 11.0 Å². The SMILES string of the molecule is COCCn1c(=S)[nH]c2cc(C(N)=O)ccc21. The van der Waals surface area contributed by atoms with Gasteiger partial charge in [0.1, 0.15) is 0 Å². The predicted molar refractivity (Wildman–Crippen MR) is 67.5 cm³/mol. The number of nitrogens with zero attached hydrogens (tertiary/aromatic N) is 1. The summed E-state index contributed by atoms with van der Waals surface area (Å²) in [5.41, 5.74) is 7.44. The standard InChI is InChI=1S/C11H13N3O2S/c1-16-5-4-14-9-3-2-7(10(12)15)6-8(9)13-11(14)17/h2-3,6H,4-5H2,1H3,(H2,12,15)(H,13,17). The Morgan fingerprint density at radius 2 is 2.35 bits per heavy atom. The number of imidazole rings is 1. The van der Waals surface area contributed by atoms with Crippen LogP contribution in [0.3, 0.4) is 0 Å². The Morgan fingerprint density at radius 3 is 3.00 bits per heavy atom. The summed E-state index contributed by atoms with van der Waals surface area (Å²) >= 11 is 5.21. The summed E-state index contributed by atoms with van der Waals surface area (Å²) in [7, 11) is 1.64. The zero-order chi connectivity index (χ0) is 12.4. The topological polar surface area (TPSA) is 73.0 Å². The molecule has 1 aromatic carbocycles. The van der Waals surface area contributed by atoms with Crippen molar-refractivity contribution in [2.45, 2.75) is 6.54 Å². The van der Waals surface area contributed by atoms with E-state index in [-0.39, 0.29) is 0 Å². The van der Waals surface area contributed by atoms with Crippen LogP contribution >= 0.6 is 12.2 Å². The predicted octanol–water partition coefficient (Wildman–Crippen LogP) is 1.44. The molecule has 0 fully saturated rings. The van der Waals surface area contributed by atoms with Gasteiger partial charge in [0, 0.05) is 19.2 Å². The van der Waals surface area contributed by atoms with Crippen LogP contribution < -0.4 is 5.73 Å². The Kier molecular flexibility index (Phi) is 3.26. The summed E-state index contributed by atoms with van der Waals surface area (Å²) in [6.45, 7) is 1.25. The van der Waals surface area contributed by atoms with E-state index in [1.54, 1.807) is 19.2 Å². The van der Waals surface area contributed by atoms with E-state index in [9.17, 15) is 4.79 Å². The minimum Gasteiger partial charge on any atom is -0.383 e. The van der Waals surface area contributed by atoms with Gasteiger partial charge in [0.15, 0.2) is 4.77 Å². The van der Waals surface area contributed by atoms with E-state index in [1.165, 1.54) is 0 Å². The number of primary amides is 1. The highest BCUT2D eigenvalue weighted by molar-refractivity contribution is 7.71. The van der Waals surface area contributed by atoms with Gasteiger partial charge in [-0.15, -0.1) is 0 Å². The number of nitrogens with two attached hydrogens (primary N) is 1. The second-order valence-electron chi connectivity index (χ2n) is 3.67. The summed E-state index contributed by atoms with van der Waals surface area (Å²) in [5.74, 6) is -0.448. The number of carbonyl (C=O) groups is 1. The fourth-order valence-electron chi connectivity index (χ4n) is 1.72. The molecule has 0 saturated carbocycles. The molecule has 0 bridgehead atoms. The molecule has 17 heavy (non-hydrogen) atoms. The maximum absolute atomic E-state index is 11.1. The molecule has 6 heteroatoms. The average molecular weight is 251 g/mol. The van der Waals surface area contributed by atoms with Crippen molar-refractivity contribution in [1.29, 1.82) is 0 Å². The number of ether oxygens (including phenoxy) is 1. The Labute approximate surface area is 103 Å². The van der Waals surface area contributed by atoms with Gasteiger partial charge >= 0.3 is 0 Å². The van der Waals surface area contributed by atoms with Gasteiger partial charge in [-0.1, -0.05) is 0 Å². The second-order valence-corrected chi connectivity index (χ2v) is 4.06. The molecule has 0 aliphatic heterocycles. The lowest BCUT2D eigenvalue weighted by Gasteiger charge is -2.03. The molecule has 0 spiro atoms. The molecule has 1 heterocycles. The summed E-state index contributed by atoms with van der Waals surface area (Å²) < 4.78 is 7.57. The molecule has 2 rings (SSSR count). The van der Waals surface area contributed by atoms with Crippen LogP contribution in [-0.2, 0) is 11.3 Å². The molecule has 0 atom stereocenters. The zero-order valence-electron chi connectivity index (χ0n) is 9.40. The number of hydrogen-bond acceptors (Lipinski definition) is 3. The van der Waals surface area contributed by atoms with Crippen molar-refractivity contribution in [3.8, 4) is 0 Å². The Bertz CT molecular complexity index is 615. The maximum atomic E-state index is 11.1. The maximum Gasteiger partial charge on any atom is 0.248 e. The third-order valence-corrected chi connectivity index (χ3v) is 2.90. The van der Waals surface area contributed by atoms with Crippen LogP contribution in [0.4, 0.5) is 0 Å². The van der Waals surface area contributed by atoms with E-state index in [0.29, 0.717) is 23.5 Å². The molecule has 3 N–H and O–H groups in total. The quantitative estimate of drug-likeness (QED) is 0.808. The molecule has 0 aliphatic carbocycles. The Hall–Kier alpha value is -1.66. The number of rotatable bonds is 4. The van der Waals surface area contributed by atoms with Crippen LogP contribution in [0.15, 0.2) is 18.2 Å². The lowest BCUT2D eigenvalue weighted by Crippen LogP contribution is -2.10. The number of benzene rings is 1. The number of H-pyrrole nitrogens is 1. The van der Waals surface area contributed by atoms with Crippen molar-refractivity contribution in [3.05, 3.63) is 28.5 Å². The van der Waals surface area contributed by atoms with Gasteiger partial charge in [-0.25, -0.2) is 0 Å². The number of hydrogen-bond donors (Lipinski definition) is 2. The molecular weight excluding hydrogens is 238 g/mol. The van der Waals surface area contributed by atoms with E-state index in [4.69, 9.17) is 22.7 Å². The van der Waals surface area contributed by atoms with Crippen molar-refractivity contribution in [1.82, 2.24) is 9.55 Å². The molecule has 0 unspecified atom stereocenters. The fraction of sp³-hybridized carbons (Fsp3) is 0.273. The molecule has 0 aliphatic rings. The smallest absolute Gasteiger partial charge is 0.248 e. The summed E-state index contributed by atoms with van der Waals surface area (Å²) in [6.07, 6.45) is 0. The molecule has 0 radical (unpaired) electrons. The van der Waals surface area contributed by atoms with Gasteiger partial charge in [0.25, 0.3) is 0 Å². The van der Waals surface area contributed by atoms with Crippen LogP contribution in [0, 0.1) is 4.77 Å². The lowest BCUT2D eigenvalue weighted by atomic mass is 10.2. The van der Waals surface area contributed by atoms with Gasteiger partial charge in [-0.3, -0.25) is 4.79 Å². The highest BCUT2D eigenvalue weighted by atomic mass is 32.1. The van der Waals surface area contributed by atoms with Crippen molar-refractivity contribution in [2.75, 3.05) is 13.7 Å². The first-order valence-corrected chi connectivity index (χ1v) is 5.55. The van der Waals surface area contributed by atoms with E-state index in [2.05, 4.69) is 4.98 Å². The number of aromatic nitrogens is 2. The zero-order valence-corrected chi connectivity index (χ0v) is 10.2. The number of amides is 1. The lowest BCUT2D eigenvalue weighted by molar-refractivity contribution is 0.100. The van der Waals surface area contributed by atoms with Gasteiger partial charge in [-0.05, 0) is 30.4 Å². The van der Waals surface area contributed by atoms with Crippen LogP contribution in [-0.4, -0.2) is 29.2 Å². The third kappa shape index (κ3) is 2.22. The summed E-state index contributed by atoms with van der Waals surface area (Å²) in [4.78, 5) is 14.1. The largest absolute Gasteiger partial charge is 0.383 e. The highest BCUT2D eigenvalue weighted by Gasteiger charge is 2.07. The van der Waals surface area contributed by atoms with E-state index >= 15 is 0 Å². The number of nitrogens with one attached hydrogen (secondary N) is 1.